The molecule has 1 aliphatic heterocycles. The number of nitrogens with one attached hydrogen (secondary N) is 4. The first-order valence-corrected chi connectivity index (χ1v) is 17.0. The average Bonchev–Trinajstić information content (AvgIpc) is 3.02. The van der Waals surface area contributed by atoms with Crippen LogP contribution < -0.4 is 21.3 Å². The fraction of sp³-hybridized carbons (Fsp3) is 0.818. The number of ether oxygens (including phenoxy) is 1. The van der Waals surface area contributed by atoms with Crippen molar-refractivity contribution in [3.05, 3.63) is 0 Å². The highest BCUT2D eigenvalue weighted by Gasteiger charge is 2.37. The SMILES string of the molecule is CCCCCCC1OC(=O)CNC(=O)C(C(C)O)NC(=O)CC(CO)NC(=O)C(C(C)CC)NC(=O)C(CC(C)C)N(C)C(=O)C1C. The van der Waals surface area contributed by atoms with Gasteiger partial charge < -0.3 is 41.1 Å². The van der Waals surface area contributed by atoms with E-state index in [0.29, 0.717) is 25.7 Å². The molecule has 0 aliphatic carbocycles. The van der Waals surface area contributed by atoms with E-state index in [1.807, 2.05) is 20.8 Å². The van der Waals surface area contributed by atoms with Crippen LogP contribution in [0.4, 0.5) is 0 Å². The van der Waals surface area contributed by atoms with Crippen LogP contribution in [-0.2, 0) is 33.5 Å². The molecule has 0 aromatic heterocycles. The molecule has 0 bridgehead atoms. The minimum Gasteiger partial charge on any atom is -0.460 e. The molecule has 6 N–H and O–H groups in total. The number of carbonyl (C=O) groups excluding carboxylic acids is 6. The lowest BCUT2D eigenvalue weighted by atomic mass is 9.94. The van der Waals surface area contributed by atoms with Crippen LogP contribution in [0.3, 0.4) is 0 Å². The number of aliphatic hydroxyl groups excluding tert-OH is 2. The van der Waals surface area contributed by atoms with Crippen molar-refractivity contribution < 1.29 is 43.7 Å². The summed E-state index contributed by atoms with van der Waals surface area (Å²) in [5, 5.41) is 30.4. The van der Waals surface area contributed by atoms with Gasteiger partial charge in [0.05, 0.1) is 24.7 Å². The number of carbonyl (C=O) groups is 6. The summed E-state index contributed by atoms with van der Waals surface area (Å²) < 4.78 is 5.73. The van der Waals surface area contributed by atoms with Gasteiger partial charge in [0.2, 0.25) is 29.5 Å². The van der Waals surface area contributed by atoms with E-state index >= 15 is 0 Å². The van der Waals surface area contributed by atoms with Gasteiger partial charge in [0.25, 0.3) is 0 Å². The van der Waals surface area contributed by atoms with E-state index in [2.05, 4.69) is 28.2 Å². The third kappa shape index (κ3) is 13.8. The van der Waals surface area contributed by atoms with E-state index in [9.17, 15) is 39.0 Å². The van der Waals surface area contributed by atoms with Gasteiger partial charge in [0.1, 0.15) is 30.8 Å². The summed E-state index contributed by atoms with van der Waals surface area (Å²) in [6.45, 7) is 11.2. The summed E-state index contributed by atoms with van der Waals surface area (Å²) in [5.41, 5.74) is 0. The maximum Gasteiger partial charge on any atom is 0.325 e. The molecule has 0 aromatic rings. The molecule has 1 fully saturated rings. The molecule has 0 radical (unpaired) electrons. The molecule has 8 atom stereocenters. The summed E-state index contributed by atoms with van der Waals surface area (Å²) >= 11 is 0. The number of rotatable bonds is 11. The Hall–Kier alpha value is -3.26. The van der Waals surface area contributed by atoms with Gasteiger partial charge >= 0.3 is 5.97 Å². The Labute approximate surface area is 279 Å². The predicted octanol–water partition coefficient (Wildman–Crippen LogP) is 0.771. The lowest BCUT2D eigenvalue weighted by Gasteiger charge is -2.34. The van der Waals surface area contributed by atoms with Crippen molar-refractivity contribution >= 4 is 35.5 Å². The fourth-order valence-electron chi connectivity index (χ4n) is 5.45. The van der Waals surface area contributed by atoms with Crippen LogP contribution in [0, 0.1) is 17.8 Å². The number of esters is 1. The third-order valence-corrected chi connectivity index (χ3v) is 8.66. The van der Waals surface area contributed by atoms with Gasteiger partial charge in [0.15, 0.2) is 0 Å². The Kier molecular flexibility index (Phi) is 18.5. The molecule has 270 valence electrons. The Bertz CT molecular complexity index is 1050. The fourth-order valence-corrected chi connectivity index (χ4v) is 5.45. The second kappa shape index (κ2) is 20.9. The molecular weight excluding hydrogens is 610 g/mol. The van der Waals surface area contributed by atoms with Gasteiger partial charge in [-0.1, -0.05) is 67.2 Å². The minimum atomic E-state index is -1.44. The average molecular weight is 670 g/mol. The summed E-state index contributed by atoms with van der Waals surface area (Å²) in [7, 11) is 1.52. The zero-order valence-corrected chi connectivity index (χ0v) is 29.5. The molecule has 47 heavy (non-hydrogen) atoms. The van der Waals surface area contributed by atoms with Crippen molar-refractivity contribution in [2.24, 2.45) is 17.8 Å². The molecule has 1 rings (SSSR count). The number of nitrogens with zero attached hydrogens (tertiary/aromatic N) is 1. The Balaban J connectivity index is 3.58. The summed E-state index contributed by atoms with van der Waals surface area (Å²) in [5.74, 6) is -5.14. The van der Waals surface area contributed by atoms with Crippen LogP contribution in [0.1, 0.15) is 99.8 Å². The Morgan fingerprint density at radius 2 is 1.55 bits per heavy atom. The molecule has 1 saturated heterocycles. The normalized spacial score (nSPS) is 27.7. The minimum absolute atomic E-state index is 0.00625. The number of hydrogen-bond donors (Lipinski definition) is 6. The molecular formula is C33H59N5O9. The van der Waals surface area contributed by atoms with Crippen LogP contribution in [0.5, 0.6) is 0 Å². The van der Waals surface area contributed by atoms with Crippen molar-refractivity contribution in [1.29, 1.82) is 0 Å². The summed E-state index contributed by atoms with van der Waals surface area (Å²) in [6, 6.07) is -4.51. The number of aliphatic hydroxyl groups is 2. The lowest BCUT2D eigenvalue weighted by Crippen LogP contribution is -2.59. The summed E-state index contributed by atoms with van der Waals surface area (Å²) in [6.07, 6.45) is 2.06. The van der Waals surface area contributed by atoms with E-state index in [0.717, 1.165) is 19.3 Å². The van der Waals surface area contributed by atoms with Crippen molar-refractivity contribution in [1.82, 2.24) is 26.2 Å². The van der Waals surface area contributed by atoms with E-state index in [4.69, 9.17) is 4.74 Å². The number of unbranched alkanes of at least 4 members (excludes halogenated alkanes) is 3. The Morgan fingerprint density at radius 1 is 0.894 bits per heavy atom. The quantitative estimate of drug-likeness (QED) is 0.136. The molecule has 0 spiro atoms. The largest absolute Gasteiger partial charge is 0.460 e. The highest BCUT2D eigenvalue weighted by molar-refractivity contribution is 5.93. The molecule has 14 heteroatoms. The smallest absolute Gasteiger partial charge is 0.325 e. The van der Waals surface area contributed by atoms with E-state index < -0.39 is 97.4 Å². The zero-order valence-electron chi connectivity index (χ0n) is 29.5. The molecule has 0 aromatic carbocycles. The van der Waals surface area contributed by atoms with Crippen molar-refractivity contribution in [2.45, 2.75) is 136 Å². The number of hydrogen-bond acceptors (Lipinski definition) is 9. The van der Waals surface area contributed by atoms with E-state index in [-0.39, 0.29) is 11.8 Å². The van der Waals surface area contributed by atoms with E-state index in [1.54, 1.807) is 13.8 Å². The third-order valence-electron chi connectivity index (χ3n) is 8.66. The standard InChI is InChI=1S/C33H59N5O9/c1-9-11-12-13-14-25-21(6)33(46)38(8)24(15-19(3)4)30(43)37-28(20(5)10-2)32(45)35-23(18-39)16-26(41)36-29(22(7)40)31(44)34-17-27(42)47-25/h19-25,28-29,39-40H,9-18H2,1-8H3,(H,34,44)(H,35,45)(H,36,41)(H,37,43). The zero-order chi connectivity index (χ0) is 35.8. The van der Waals surface area contributed by atoms with Gasteiger partial charge in [-0.05, 0) is 38.0 Å². The van der Waals surface area contributed by atoms with Crippen LogP contribution in [-0.4, -0.2) is 107 Å². The lowest BCUT2D eigenvalue weighted by molar-refractivity contribution is -0.157. The first-order chi connectivity index (χ1) is 22.1. The molecule has 1 heterocycles. The van der Waals surface area contributed by atoms with Crippen LogP contribution >= 0.6 is 0 Å². The topological polar surface area (TPSA) is 203 Å². The molecule has 14 nitrogen and oxygen atoms in total. The first-order valence-electron chi connectivity index (χ1n) is 17.0. The van der Waals surface area contributed by atoms with E-state index in [1.165, 1.54) is 18.9 Å². The van der Waals surface area contributed by atoms with Gasteiger partial charge in [-0.2, -0.15) is 0 Å². The monoisotopic (exact) mass is 669 g/mol. The predicted molar refractivity (Wildman–Crippen MR) is 175 cm³/mol. The second-order valence-corrected chi connectivity index (χ2v) is 13.2. The van der Waals surface area contributed by atoms with Crippen LogP contribution in [0.15, 0.2) is 0 Å². The van der Waals surface area contributed by atoms with Gasteiger partial charge in [-0.15, -0.1) is 0 Å². The number of amides is 5. The van der Waals surface area contributed by atoms with Gasteiger partial charge in [0, 0.05) is 13.5 Å². The van der Waals surface area contributed by atoms with Gasteiger partial charge in [-0.3, -0.25) is 28.8 Å². The van der Waals surface area contributed by atoms with Crippen LogP contribution in [0.2, 0.25) is 0 Å². The highest BCUT2D eigenvalue weighted by Crippen LogP contribution is 2.22. The molecule has 5 amide bonds. The molecule has 8 unspecified atom stereocenters. The number of likely N-dealkylation sites (N-methyl/N-ethyl adjacent to an activating group) is 1. The maximum absolute atomic E-state index is 13.9. The highest BCUT2D eigenvalue weighted by atomic mass is 16.5. The first kappa shape index (κ1) is 41.8. The Morgan fingerprint density at radius 3 is 2.11 bits per heavy atom. The maximum atomic E-state index is 13.9. The van der Waals surface area contributed by atoms with Crippen LogP contribution in [0.25, 0.3) is 0 Å². The van der Waals surface area contributed by atoms with Crippen molar-refractivity contribution in [3.63, 3.8) is 0 Å². The molecule has 0 saturated carbocycles. The van der Waals surface area contributed by atoms with Crippen molar-refractivity contribution in [2.75, 3.05) is 20.2 Å². The summed E-state index contributed by atoms with van der Waals surface area (Å²) in [4.78, 5) is 81.2. The number of cyclic esters (lactones) is 1. The molecule has 1 aliphatic rings. The van der Waals surface area contributed by atoms with Crippen molar-refractivity contribution in [3.8, 4) is 0 Å². The second-order valence-electron chi connectivity index (χ2n) is 13.2. The van der Waals surface area contributed by atoms with Gasteiger partial charge in [-0.25, -0.2) is 0 Å².